The fourth-order valence-corrected chi connectivity index (χ4v) is 5.14. The fraction of sp³-hybridized carbons (Fsp3) is 0.900. The summed E-state index contributed by atoms with van der Waals surface area (Å²) in [6.07, 6.45) is 14.6. The first-order valence-corrected chi connectivity index (χ1v) is 10.4. The number of rotatable bonds is 5. The third-order valence-electron chi connectivity index (χ3n) is 6.46. The lowest BCUT2D eigenvalue weighted by Gasteiger charge is -2.43. The zero-order valence-corrected chi connectivity index (χ0v) is 15.5. The molecule has 2 aliphatic carbocycles. The summed E-state index contributed by atoms with van der Waals surface area (Å²) >= 11 is 0. The molecule has 25 heavy (non-hydrogen) atoms. The topological polar surface area (TPSA) is 60.9 Å². The number of carboxylic acid groups (broad SMARTS) is 1. The Morgan fingerprint density at radius 1 is 0.800 bits per heavy atom. The minimum Gasteiger partial charge on any atom is -0.480 e. The Labute approximate surface area is 151 Å². The number of piperidine rings is 1. The van der Waals surface area contributed by atoms with E-state index < -0.39 is 12.0 Å². The van der Waals surface area contributed by atoms with Gasteiger partial charge in [-0.05, 0) is 45.1 Å². The first-order valence-electron chi connectivity index (χ1n) is 10.4. The molecule has 0 radical (unpaired) electrons. The summed E-state index contributed by atoms with van der Waals surface area (Å²) in [5.74, 6) is -0.582. The molecule has 142 valence electrons. The Morgan fingerprint density at radius 2 is 1.32 bits per heavy atom. The molecule has 0 bridgehead atoms. The highest BCUT2D eigenvalue weighted by molar-refractivity contribution is 5.80. The van der Waals surface area contributed by atoms with Crippen molar-refractivity contribution in [3.63, 3.8) is 0 Å². The molecule has 0 aromatic heterocycles. The molecular weight excluding hydrogens is 316 g/mol. The summed E-state index contributed by atoms with van der Waals surface area (Å²) in [6, 6.07) is 0.298. The average Bonchev–Trinajstić information content (AvgIpc) is 2.64. The lowest BCUT2D eigenvalue weighted by Crippen LogP contribution is -2.55. The van der Waals surface area contributed by atoms with Crippen molar-refractivity contribution in [2.45, 2.75) is 102 Å². The van der Waals surface area contributed by atoms with Crippen molar-refractivity contribution in [1.29, 1.82) is 0 Å². The van der Waals surface area contributed by atoms with Gasteiger partial charge in [0, 0.05) is 12.1 Å². The smallest absolute Gasteiger partial charge is 0.320 e. The van der Waals surface area contributed by atoms with Crippen LogP contribution in [0.25, 0.3) is 0 Å². The van der Waals surface area contributed by atoms with E-state index in [0.717, 1.165) is 45.1 Å². The molecule has 3 aliphatic rings. The zero-order chi connectivity index (χ0) is 17.6. The maximum Gasteiger partial charge on any atom is 0.320 e. The standard InChI is InChI=1S/C20H34N2O3/c23-19(15-21-14-8-7-13-18(21)20(24)25)22(16-9-3-1-4-10-16)17-11-5-2-6-12-17/h16-18H,1-15H2,(H,24,25). The molecule has 0 aromatic carbocycles. The van der Waals surface area contributed by atoms with E-state index in [0.29, 0.717) is 25.0 Å². The van der Waals surface area contributed by atoms with E-state index in [-0.39, 0.29) is 5.91 Å². The van der Waals surface area contributed by atoms with Gasteiger partial charge in [0.2, 0.25) is 5.91 Å². The molecule has 1 N–H and O–H groups in total. The van der Waals surface area contributed by atoms with Gasteiger partial charge in [-0.1, -0.05) is 44.9 Å². The maximum atomic E-state index is 13.3. The lowest BCUT2D eigenvalue weighted by atomic mass is 9.88. The monoisotopic (exact) mass is 350 g/mol. The van der Waals surface area contributed by atoms with Crippen molar-refractivity contribution in [1.82, 2.24) is 9.80 Å². The molecule has 1 atom stereocenters. The summed E-state index contributed by atoms with van der Waals surface area (Å²) in [5, 5.41) is 9.49. The summed E-state index contributed by atoms with van der Waals surface area (Å²) in [7, 11) is 0. The first kappa shape index (κ1) is 18.7. The van der Waals surface area contributed by atoms with E-state index in [4.69, 9.17) is 0 Å². The summed E-state index contributed by atoms with van der Waals surface area (Å²) < 4.78 is 0. The number of hydrogen-bond acceptors (Lipinski definition) is 3. The van der Waals surface area contributed by atoms with Crippen LogP contribution in [0.3, 0.4) is 0 Å². The quantitative estimate of drug-likeness (QED) is 0.825. The second-order valence-corrected chi connectivity index (χ2v) is 8.20. The molecule has 5 nitrogen and oxygen atoms in total. The highest BCUT2D eigenvalue weighted by Crippen LogP contribution is 2.31. The molecule has 3 fully saturated rings. The molecule has 1 amide bonds. The van der Waals surface area contributed by atoms with Crippen LogP contribution in [-0.4, -0.2) is 58.0 Å². The molecule has 0 aromatic rings. The Bertz CT molecular complexity index is 438. The number of aliphatic carboxylic acids is 1. The molecule has 5 heteroatoms. The van der Waals surface area contributed by atoms with Gasteiger partial charge in [0.25, 0.3) is 0 Å². The number of likely N-dealkylation sites (tertiary alicyclic amines) is 1. The Kier molecular flexibility index (Phi) is 6.74. The van der Waals surface area contributed by atoms with Gasteiger partial charge in [0.05, 0.1) is 6.54 Å². The van der Waals surface area contributed by atoms with Crippen LogP contribution in [0, 0.1) is 0 Å². The number of carbonyl (C=O) groups is 2. The van der Waals surface area contributed by atoms with Gasteiger partial charge in [0.15, 0.2) is 0 Å². The van der Waals surface area contributed by atoms with E-state index >= 15 is 0 Å². The summed E-state index contributed by atoms with van der Waals surface area (Å²) in [6.45, 7) is 1.04. The van der Waals surface area contributed by atoms with E-state index in [1.54, 1.807) is 0 Å². The van der Waals surface area contributed by atoms with Crippen molar-refractivity contribution in [2.24, 2.45) is 0 Å². The second-order valence-electron chi connectivity index (χ2n) is 8.20. The maximum absolute atomic E-state index is 13.3. The third kappa shape index (κ3) is 4.75. The van der Waals surface area contributed by atoms with Gasteiger partial charge in [-0.25, -0.2) is 0 Å². The first-order chi connectivity index (χ1) is 12.2. The van der Waals surface area contributed by atoms with E-state index in [2.05, 4.69) is 4.90 Å². The lowest BCUT2D eigenvalue weighted by molar-refractivity contribution is -0.147. The number of carbonyl (C=O) groups excluding carboxylic acids is 1. The fourth-order valence-electron chi connectivity index (χ4n) is 5.14. The average molecular weight is 351 g/mol. The van der Waals surface area contributed by atoms with Gasteiger partial charge in [-0.2, -0.15) is 0 Å². The number of hydrogen-bond donors (Lipinski definition) is 1. The van der Waals surface area contributed by atoms with Crippen LogP contribution in [0.4, 0.5) is 0 Å². The van der Waals surface area contributed by atoms with Gasteiger partial charge < -0.3 is 10.0 Å². The second kappa shape index (κ2) is 9.02. The molecule has 1 unspecified atom stereocenters. The Hall–Kier alpha value is -1.10. The third-order valence-corrected chi connectivity index (χ3v) is 6.46. The van der Waals surface area contributed by atoms with Gasteiger partial charge >= 0.3 is 5.97 Å². The van der Waals surface area contributed by atoms with Crippen LogP contribution in [0.5, 0.6) is 0 Å². The highest BCUT2D eigenvalue weighted by atomic mass is 16.4. The molecule has 3 rings (SSSR count). The van der Waals surface area contributed by atoms with Crippen molar-refractivity contribution in [2.75, 3.05) is 13.1 Å². The van der Waals surface area contributed by atoms with Crippen molar-refractivity contribution in [3.8, 4) is 0 Å². The van der Waals surface area contributed by atoms with Gasteiger partial charge in [-0.15, -0.1) is 0 Å². The van der Waals surface area contributed by atoms with E-state index in [1.807, 2.05) is 4.90 Å². The molecule has 1 heterocycles. The SMILES string of the molecule is O=C(O)C1CCCCN1CC(=O)N(C1CCCCC1)C1CCCCC1. The molecule has 0 spiro atoms. The molecule has 1 saturated heterocycles. The van der Waals surface area contributed by atoms with Crippen LogP contribution >= 0.6 is 0 Å². The minimum absolute atomic E-state index is 0.187. The number of carboxylic acids is 1. The summed E-state index contributed by atoms with van der Waals surface area (Å²) in [5.41, 5.74) is 0. The van der Waals surface area contributed by atoms with Crippen molar-refractivity contribution < 1.29 is 14.7 Å². The predicted octanol–water partition coefficient (Wildman–Crippen LogP) is 3.42. The van der Waals surface area contributed by atoms with Gasteiger partial charge in [-0.3, -0.25) is 14.5 Å². The van der Waals surface area contributed by atoms with Crippen LogP contribution < -0.4 is 0 Å². The van der Waals surface area contributed by atoms with Crippen LogP contribution in [0.1, 0.15) is 83.5 Å². The zero-order valence-electron chi connectivity index (χ0n) is 15.5. The van der Waals surface area contributed by atoms with Gasteiger partial charge in [0.1, 0.15) is 6.04 Å². The number of nitrogens with zero attached hydrogens (tertiary/aromatic N) is 2. The molecule has 1 aliphatic heterocycles. The van der Waals surface area contributed by atoms with Crippen LogP contribution in [0.15, 0.2) is 0 Å². The van der Waals surface area contributed by atoms with Crippen molar-refractivity contribution >= 4 is 11.9 Å². The van der Waals surface area contributed by atoms with Crippen LogP contribution in [-0.2, 0) is 9.59 Å². The Morgan fingerprint density at radius 3 is 1.84 bits per heavy atom. The number of amides is 1. The normalized spacial score (nSPS) is 27.1. The van der Waals surface area contributed by atoms with Crippen LogP contribution in [0.2, 0.25) is 0 Å². The minimum atomic E-state index is -0.769. The van der Waals surface area contributed by atoms with E-state index in [1.165, 1.54) is 38.5 Å². The highest BCUT2D eigenvalue weighted by Gasteiger charge is 2.36. The summed E-state index contributed by atoms with van der Waals surface area (Å²) in [4.78, 5) is 29.0. The largest absolute Gasteiger partial charge is 0.480 e. The van der Waals surface area contributed by atoms with Crippen molar-refractivity contribution in [3.05, 3.63) is 0 Å². The molecular formula is C20H34N2O3. The van der Waals surface area contributed by atoms with E-state index in [9.17, 15) is 14.7 Å². The predicted molar refractivity (Wildman–Crippen MR) is 97.4 cm³/mol. The molecule has 2 saturated carbocycles. The Balaban J connectivity index is 1.69.